The van der Waals surface area contributed by atoms with Crippen LogP contribution in [-0.4, -0.2) is 29.1 Å². The van der Waals surface area contributed by atoms with E-state index in [4.69, 9.17) is 4.74 Å². The number of nitrogens with one attached hydrogen (secondary N) is 1. The first-order chi connectivity index (χ1) is 13.2. The molecular formula is C20H21N3O5. The minimum absolute atomic E-state index is 0.0306. The zero-order valence-corrected chi connectivity index (χ0v) is 15.9. The zero-order chi connectivity index (χ0) is 20.5. The average molecular weight is 383 g/mol. The molecule has 0 atom stereocenters. The van der Waals surface area contributed by atoms with Gasteiger partial charge in [0.25, 0.3) is 11.6 Å². The standard InChI is InChI=1S/C20H21N3O5/c1-20(2,3)28-19(25)22-11-10-13-8-9-14(12-17(13)22)21-18(24)15-6-4-5-7-16(15)23(26)27/h4-9,12H,10-11H2,1-3H3,(H,21,24). The van der Waals surface area contributed by atoms with E-state index < -0.39 is 22.5 Å². The Labute approximate surface area is 162 Å². The first-order valence-electron chi connectivity index (χ1n) is 8.84. The van der Waals surface area contributed by atoms with Gasteiger partial charge in [-0.2, -0.15) is 0 Å². The van der Waals surface area contributed by atoms with Gasteiger partial charge in [-0.15, -0.1) is 0 Å². The molecule has 1 heterocycles. The maximum absolute atomic E-state index is 12.5. The number of ether oxygens (including phenoxy) is 1. The summed E-state index contributed by atoms with van der Waals surface area (Å²) in [5, 5.41) is 13.8. The second-order valence-electron chi connectivity index (χ2n) is 7.45. The largest absolute Gasteiger partial charge is 0.443 e. The van der Waals surface area contributed by atoms with Crippen LogP contribution in [0.25, 0.3) is 0 Å². The van der Waals surface area contributed by atoms with Crippen LogP contribution >= 0.6 is 0 Å². The highest BCUT2D eigenvalue weighted by Gasteiger charge is 2.29. The van der Waals surface area contributed by atoms with E-state index in [9.17, 15) is 19.7 Å². The molecule has 2 amide bonds. The Kier molecular flexibility index (Phi) is 5.04. The molecule has 0 aromatic heterocycles. The number of carbonyl (C=O) groups excluding carboxylic acids is 2. The molecule has 1 aliphatic rings. The number of nitro groups is 1. The van der Waals surface area contributed by atoms with Crippen molar-refractivity contribution in [3.05, 3.63) is 63.7 Å². The highest BCUT2D eigenvalue weighted by molar-refractivity contribution is 6.07. The predicted molar refractivity (Wildman–Crippen MR) is 105 cm³/mol. The number of nitro benzene ring substituents is 1. The highest BCUT2D eigenvalue weighted by atomic mass is 16.6. The van der Waals surface area contributed by atoms with Crippen molar-refractivity contribution in [2.75, 3.05) is 16.8 Å². The number of amides is 2. The van der Waals surface area contributed by atoms with Crippen molar-refractivity contribution in [2.24, 2.45) is 0 Å². The van der Waals surface area contributed by atoms with Crippen molar-refractivity contribution >= 4 is 29.1 Å². The Morgan fingerprint density at radius 1 is 1.18 bits per heavy atom. The van der Waals surface area contributed by atoms with Crippen molar-refractivity contribution < 1.29 is 19.2 Å². The lowest BCUT2D eigenvalue weighted by Crippen LogP contribution is -2.35. The van der Waals surface area contributed by atoms with Gasteiger partial charge in [-0.05, 0) is 51.0 Å². The number of fused-ring (bicyclic) bond motifs is 1. The molecule has 1 aliphatic heterocycles. The molecule has 0 aliphatic carbocycles. The summed E-state index contributed by atoms with van der Waals surface area (Å²) in [6.07, 6.45) is 0.237. The summed E-state index contributed by atoms with van der Waals surface area (Å²) < 4.78 is 5.44. The second kappa shape index (κ2) is 7.30. The topological polar surface area (TPSA) is 102 Å². The van der Waals surface area contributed by atoms with Crippen LogP contribution in [0.2, 0.25) is 0 Å². The Balaban J connectivity index is 1.83. The number of para-hydroxylation sites is 1. The van der Waals surface area contributed by atoms with Gasteiger partial charge < -0.3 is 10.1 Å². The van der Waals surface area contributed by atoms with Gasteiger partial charge in [0, 0.05) is 18.3 Å². The van der Waals surface area contributed by atoms with Crippen LogP contribution in [-0.2, 0) is 11.2 Å². The van der Waals surface area contributed by atoms with Crippen LogP contribution in [0.4, 0.5) is 21.9 Å². The number of carbonyl (C=O) groups is 2. The number of hydrogen-bond acceptors (Lipinski definition) is 5. The molecule has 2 aromatic carbocycles. The third-order valence-electron chi connectivity index (χ3n) is 4.20. The van der Waals surface area contributed by atoms with Crippen molar-refractivity contribution in [3.8, 4) is 0 Å². The molecule has 0 fully saturated rings. The summed E-state index contributed by atoms with van der Waals surface area (Å²) in [6, 6.07) is 11.0. The fourth-order valence-corrected chi connectivity index (χ4v) is 2.99. The highest BCUT2D eigenvalue weighted by Crippen LogP contribution is 2.32. The lowest BCUT2D eigenvalue weighted by Gasteiger charge is -2.25. The second-order valence-corrected chi connectivity index (χ2v) is 7.45. The van der Waals surface area contributed by atoms with E-state index in [1.807, 2.05) is 6.07 Å². The molecule has 0 bridgehead atoms. The van der Waals surface area contributed by atoms with E-state index in [0.717, 1.165) is 5.56 Å². The fraction of sp³-hybridized carbons (Fsp3) is 0.300. The minimum Gasteiger partial charge on any atom is -0.443 e. The number of rotatable bonds is 3. The summed E-state index contributed by atoms with van der Waals surface area (Å²) in [5.74, 6) is -0.589. The van der Waals surface area contributed by atoms with Crippen LogP contribution in [0, 0.1) is 10.1 Å². The fourth-order valence-electron chi connectivity index (χ4n) is 2.99. The molecule has 3 rings (SSSR count). The van der Waals surface area contributed by atoms with E-state index in [0.29, 0.717) is 24.3 Å². The smallest absolute Gasteiger partial charge is 0.414 e. The molecule has 1 N–H and O–H groups in total. The van der Waals surface area contributed by atoms with E-state index in [1.54, 1.807) is 39.0 Å². The number of hydrogen-bond donors (Lipinski definition) is 1. The maximum Gasteiger partial charge on any atom is 0.414 e. The van der Waals surface area contributed by atoms with Crippen LogP contribution in [0.5, 0.6) is 0 Å². The van der Waals surface area contributed by atoms with Gasteiger partial charge in [0.15, 0.2) is 0 Å². The van der Waals surface area contributed by atoms with Crippen molar-refractivity contribution in [2.45, 2.75) is 32.8 Å². The molecule has 0 saturated carbocycles. The Morgan fingerprint density at radius 3 is 2.57 bits per heavy atom. The Hall–Kier alpha value is -3.42. The van der Waals surface area contributed by atoms with Gasteiger partial charge in [-0.25, -0.2) is 4.79 Å². The summed E-state index contributed by atoms with van der Waals surface area (Å²) in [4.78, 5) is 37.0. The van der Waals surface area contributed by atoms with Crippen molar-refractivity contribution in [1.82, 2.24) is 0 Å². The molecule has 0 unspecified atom stereocenters. The first-order valence-corrected chi connectivity index (χ1v) is 8.84. The monoisotopic (exact) mass is 383 g/mol. The van der Waals surface area contributed by atoms with Crippen molar-refractivity contribution in [1.29, 1.82) is 0 Å². The van der Waals surface area contributed by atoms with Crippen LogP contribution in [0.3, 0.4) is 0 Å². The molecule has 0 saturated heterocycles. The number of benzene rings is 2. The summed E-state index contributed by atoms with van der Waals surface area (Å²) in [6.45, 7) is 5.88. The number of nitrogens with zero attached hydrogens (tertiary/aromatic N) is 2. The van der Waals surface area contributed by atoms with Gasteiger partial charge >= 0.3 is 6.09 Å². The van der Waals surface area contributed by atoms with Gasteiger partial charge in [0.05, 0.1) is 10.6 Å². The van der Waals surface area contributed by atoms with E-state index in [2.05, 4.69) is 5.32 Å². The summed E-state index contributed by atoms with van der Waals surface area (Å²) in [7, 11) is 0. The number of anilines is 2. The molecule has 8 heteroatoms. The van der Waals surface area contributed by atoms with Crippen LogP contribution in [0.1, 0.15) is 36.7 Å². The van der Waals surface area contributed by atoms with Gasteiger partial charge in [0.1, 0.15) is 11.2 Å². The van der Waals surface area contributed by atoms with Gasteiger partial charge in [-0.3, -0.25) is 19.8 Å². The van der Waals surface area contributed by atoms with Crippen LogP contribution < -0.4 is 10.2 Å². The third kappa shape index (κ3) is 4.11. The molecule has 146 valence electrons. The van der Waals surface area contributed by atoms with Gasteiger partial charge in [0.2, 0.25) is 0 Å². The molecule has 2 aromatic rings. The SMILES string of the molecule is CC(C)(C)OC(=O)N1CCc2ccc(NC(=O)c3ccccc3[N+](=O)[O-])cc21. The quantitative estimate of drug-likeness (QED) is 0.634. The molecule has 28 heavy (non-hydrogen) atoms. The first kappa shape index (κ1) is 19.3. The van der Waals surface area contributed by atoms with E-state index in [1.165, 1.54) is 23.1 Å². The third-order valence-corrected chi connectivity index (χ3v) is 4.20. The molecular weight excluding hydrogens is 362 g/mol. The van der Waals surface area contributed by atoms with E-state index in [-0.39, 0.29) is 11.3 Å². The van der Waals surface area contributed by atoms with E-state index >= 15 is 0 Å². The Bertz CT molecular complexity index is 949. The van der Waals surface area contributed by atoms with Crippen LogP contribution in [0.15, 0.2) is 42.5 Å². The lowest BCUT2D eigenvalue weighted by atomic mass is 10.1. The average Bonchev–Trinajstić information content (AvgIpc) is 3.03. The lowest BCUT2D eigenvalue weighted by molar-refractivity contribution is -0.385. The maximum atomic E-state index is 12.5. The molecule has 0 radical (unpaired) electrons. The molecule has 0 spiro atoms. The normalized spacial score (nSPS) is 13.0. The summed E-state index contributed by atoms with van der Waals surface area (Å²) >= 11 is 0. The molecule has 8 nitrogen and oxygen atoms in total. The summed E-state index contributed by atoms with van der Waals surface area (Å²) in [5.41, 5.74) is 1.16. The van der Waals surface area contributed by atoms with Gasteiger partial charge in [-0.1, -0.05) is 18.2 Å². The predicted octanol–water partition coefficient (Wildman–Crippen LogP) is 4.14. The zero-order valence-electron chi connectivity index (χ0n) is 15.9. The minimum atomic E-state index is -0.613. The van der Waals surface area contributed by atoms with Crippen molar-refractivity contribution in [3.63, 3.8) is 0 Å². The Morgan fingerprint density at radius 2 is 1.89 bits per heavy atom.